The van der Waals surface area contributed by atoms with E-state index in [1.807, 2.05) is 30.3 Å². The molecule has 0 saturated carbocycles. The lowest BCUT2D eigenvalue weighted by Gasteiger charge is -2.25. The molecule has 1 atom stereocenters. The van der Waals surface area contributed by atoms with Gasteiger partial charge in [0.2, 0.25) is 5.91 Å². The third-order valence-corrected chi connectivity index (χ3v) is 6.06. The molecule has 8 nitrogen and oxygen atoms in total. The summed E-state index contributed by atoms with van der Waals surface area (Å²) in [6.45, 7) is 1.92. The van der Waals surface area contributed by atoms with E-state index in [4.69, 9.17) is 19.4 Å². The topological polar surface area (TPSA) is 100 Å². The highest BCUT2D eigenvalue weighted by atomic mass is 16.5. The Morgan fingerprint density at radius 3 is 2.35 bits per heavy atom. The molecule has 1 aliphatic heterocycles. The number of methoxy groups -OCH3 is 2. The van der Waals surface area contributed by atoms with Gasteiger partial charge in [-0.3, -0.25) is 4.79 Å². The van der Waals surface area contributed by atoms with Crippen LogP contribution in [-0.2, 0) is 11.3 Å². The van der Waals surface area contributed by atoms with E-state index in [1.165, 1.54) is 12.8 Å². The number of nitriles is 1. The molecule has 4 rings (SSSR count). The summed E-state index contributed by atoms with van der Waals surface area (Å²) in [4.78, 5) is 25.0. The van der Waals surface area contributed by atoms with Crippen molar-refractivity contribution in [1.29, 1.82) is 5.26 Å². The lowest BCUT2D eigenvalue weighted by Crippen LogP contribution is -2.32. The summed E-state index contributed by atoms with van der Waals surface area (Å²) in [6, 6.07) is 15.2. The number of hydrogen-bond donors (Lipinski definition) is 1. The van der Waals surface area contributed by atoms with Crippen LogP contribution in [0.1, 0.15) is 42.9 Å². The highest BCUT2D eigenvalue weighted by Gasteiger charge is 2.29. The quantitative estimate of drug-likeness (QED) is 0.571. The molecule has 1 unspecified atom stereocenters. The summed E-state index contributed by atoms with van der Waals surface area (Å²) in [6.07, 6.45) is 4.44. The Hall–Kier alpha value is -3.86. The van der Waals surface area contributed by atoms with Crippen LogP contribution in [0, 0.1) is 11.3 Å². The Labute approximate surface area is 199 Å². The number of carbonyl (C=O) groups is 1. The molecule has 1 amide bonds. The Bertz CT molecular complexity index is 1200. The van der Waals surface area contributed by atoms with Crippen molar-refractivity contribution in [3.63, 3.8) is 0 Å². The van der Waals surface area contributed by atoms with Gasteiger partial charge in [0.25, 0.3) is 0 Å². The van der Waals surface area contributed by atoms with Crippen LogP contribution in [0.15, 0.2) is 42.5 Å². The second-order valence-corrected chi connectivity index (χ2v) is 8.29. The molecule has 1 aliphatic rings. The fourth-order valence-corrected chi connectivity index (χ4v) is 4.24. The van der Waals surface area contributed by atoms with Crippen LogP contribution in [0.5, 0.6) is 11.5 Å². The molecule has 0 radical (unpaired) electrons. The highest BCUT2D eigenvalue weighted by molar-refractivity contribution is 5.88. The van der Waals surface area contributed by atoms with E-state index in [0.717, 1.165) is 37.0 Å². The Balaban J connectivity index is 1.62. The first-order valence-electron chi connectivity index (χ1n) is 11.5. The molecule has 3 aromatic rings. The number of benzene rings is 2. The van der Waals surface area contributed by atoms with Gasteiger partial charge in [-0.05, 0) is 42.7 Å². The van der Waals surface area contributed by atoms with E-state index in [1.54, 1.807) is 26.4 Å². The fourth-order valence-electron chi connectivity index (χ4n) is 4.24. The molecule has 0 aliphatic carbocycles. The van der Waals surface area contributed by atoms with E-state index in [-0.39, 0.29) is 6.54 Å². The summed E-state index contributed by atoms with van der Waals surface area (Å²) >= 11 is 0. The number of amides is 1. The van der Waals surface area contributed by atoms with Crippen molar-refractivity contribution in [2.75, 3.05) is 32.2 Å². The van der Waals surface area contributed by atoms with Crippen LogP contribution in [-0.4, -0.2) is 43.2 Å². The second kappa shape index (κ2) is 10.8. The van der Waals surface area contributed by atoms with Crippen molar-refractivity contribution in [2.45, 2.75) is 38.1 Å². The van der Waals surface area contributed by atoms with Gasteiger partial charge in [-0.2, -0.15) is 5.26 Å². The largest absolute Gasteiger partial charge is 0.493 e. The molecule has 1 N–H and O–H groups in total. The molecule has 2 aromatic carbocycles. The van der Waals surface area contributed by atoms with Gasteiger partial charge >= 0.3 is 0 Å². The number of ether oxygens (including phenoxy) is 2. The number of rotatable bonds is 7. The maximum absolute atomic E-state index is 13.2. The Morgan fingerprint density at radius 2 is 1.71 bits per heavy atom. The van der Waals surface area contributed by atoms with E-state index in [9.17, 15) is 10.1 Å². The monoisotopic (exact) mass is 459 g/mol. The maximum atomic E-state index is 13.2. The molecule has 176 valence electrons. The lowest BCUT2D eigenvalue weighted by atomic mass is 10.0. The number of carbonyl (C=O) groups excluding carboxylic acids is 1. The van der Waals surface area contributed by atoms with Crippen molar-refractivity contribution in [2.24, 2.45) is 0 Å². The smallest absolute Gasteiger partial charge is 0.243 e. The van der Waals surface area contributed by atoms with Crippen molar-refractivity contribution >= 4 is 22.8 Å². The van der Waals surface area contributed by atoms with Gasteiger partial charge in [-0.15, -0.1) is 0 Å². The molecular weight excluding hydrogens is 430 g/mol. The van der Waals surface area contributed by atoms with Gasteiger partial charge in [-0.1, -0.05) is 31.0 Å². The number of anilines is 1. The van der Waals surface area contributed by atoms with Crippen LogP contribution < -0.4 is 19.7 Å². The lowest BCUT2D eigenvalue weighted by molar-refractivity contribution is -0.121. The molecule has 1 aromatic heterocycles. The minimum absolute atomic E-state index is 0.247. The van der Waals surface area contributed by atoms with Crippen LogP contribution in [0.4, 0.5) is 5.82 Å². The van der Waals surface area contributed by atoms with Crippen molar-refractivity contribution < 1.29 is 14.3 Å². The third-order valence-electron chi connectivity index (χ3n) is 6.06. The molecule has 1 saturated heterocycles. The molecule has 1 fully saturated rings. The van der Waals surface area contributed by atoms with Crippen molar-refractivity contribution in [3.8, 4) is 17.6 Å². The predicted octanol–water partition coefficient (Wildman–Crippen LogP) is 3.95. The van der Waals surface area contributed by atoms with Gasteiger partial charge in [-0.25, -0.2) is 9.97 Å². The molecule has 2 heterocycles. The first kappa shape index (κ1) is 23.3. The summed E-state index contributed by atoms with van der Waals surface area (Å²) in [7, 11) is 3.14. The highest BCUT2D eigenvalue weighted by Crippen LogP contribution is 2.30. The summed E-state index contributed by atoms with van der Waals surface area (Å²) < 4.78 is 10.6. The normalized spacial score (nSPS) is 14.7. The zero-order valence-electron chi connectivity index (χ0n) is 19.6. The molecule has 34 heavy (non-hydrogen) atoms. The molecule has 0 spiro atoms. The average molecular weight is 460 g/mol. The Kier molecular flexibility index (Phi) is 7.43. The van der Waals surface area contributed by atoms with Crippen molar-refractivity contribution in [3.05, 3.63) is 53.7 Å². The standard InChI is InChI=1S/C26H29N5O3/c1-33-22-12-11-18(15-23(22)34-2)17-28-26(32)19(16-27)24-25(31-13-7-3-4-8-14-31)30-21-10-6-5-9-20(21)29-24/h5-6,9-12,15,19H,3-4,7-8,13-14,17H2,1-2H3,(H,28,32). The first-order valence-corrected chi connectivity index (χ1v) is 11.5. The summed E-state index contributed by atoms with van der Waals surface area (Å²) in [5, 5.41) is 12.9. The van der Waals surface area contributed by atoms with Crippen LogP contribution >= 0.6 is 0 Å². The van der Waals surface area contributed by atoms with E-state index in [0.29, 0.717) is 28.5 Å². The van der Waals surface area contributed by atoms with Gasteiger partial charge in [0.05, 0.1) is 31.3 Å². The number of para-hydroxylation sites is 2. The second-order valence-electron chi connectivity index (χ2n) is 8.29. The average Bonchev–Trinajstić information content (AvgIpc) is 3.17. The van der Waals surface area contributed by atoms with Gasteiger partial charge in [0, 0.05) is 19.6 Å². The first-order chi connectivity index (χ1) is 16.6. The van der Waals surface area contributed by atoms with Crippen LogP contribution in [0.25, 0.3) is 11.0 Å². The predicted molar refractivity (Wildman–Crippen MR) is 130 cm³/mol. The van der Waals surface area contributed by atoms with Gasteiger partial charge in [0.1, 0.15) is 5.69 Å². The number of fused-ring (bicyclic) bond motifs is 1. The molecule has 8 heteroatoms. The minimum Gasteiger partial charge on any atom is -0.493 e. The zero-order valence-corrected chi connectivity index (χ0v) is 19.6. The van der Waals surface area contributed by atoms with E-state index in [2.05, 4.69) is 16.3 Å². The third kappa shape index (κ3) is 5.04. The van der Waals surface area contributed by atoms with Crippen LogP contribution in [0.2, 0.25) is 0 Å². The molecular formula is C26H29N5O3. The summed E-state index contributed by atoms with van der Waals surface area (Å²) in [5.74, 6) is 0.345. The van der Waals surface area contributed by atoms with Gasteiger partial charge in [0.15, 0.2) is 23.2 Å². The van der Waals surface area contributed by atoms with Crippen LogP contribution in [0.3, 0.4) is 0 Å². The molecule has 0 bridgehead atoms. The van der Waals surface area contributed by atoms with E-state index >= 15 is 0 Å². The maximum Gasteiger partial charge on any atom is 0.243 e. The minimum atomic E-state index is -1.07. The number of aromatic nitrogens is 2. The number of nitrogens with one attached hydrogen (secondary N) is 1. The zero-order chi connectivity index (χ0) is 23.9. The fraction of sp³-hybridized carbons (Fsp3) is 0.385. The van der Waals surface area contributed by atoms with E-state index < -0.39 is 11.8 Å². The summed E-state index contributed by atoms with van der Waals surface area (Å²) in [5.41, 5.74) is 2.67. The number of hydrogen-bond acceptors (Lipinski definition) is 7. The van der Waals surface area contributed by atoms with Gasteiger partial charge < -0.3 is 19.7 Å². The number of nitrogens with zero attached hydrogens (tertiary/aromatic N) is 4. The Morgan fingerprint density at radius 1 is 1.03 bits per heavy atom. The van der Waals surface area contributed by atoms with Crippen molar-refractivity contribution in [1.82, 2.24) is 15.3 Å². The SMILES string of the molecule is COc1ccc(CNC(=O)C(C#N)c2nc3ccccc3nc2N2CCCCCC2)cc1OC.